The summed E-state index contributed by atoms with van der Waals surface area (Å²) >= 11 is 0. The summed E-state index contributed by atoms with van der Waals surface area (Å²) in [7, 11) is 0. The van der Waals surface area contributed by atoms with Crippen molar-refractivity contribution < 1.29 is 4.74 Å². The molecule has 2 aliphatic heterocycles. The van der Waals surface area contributed by atoms with E-state index in [9.17, 15) is 0 Å². The van der Waals surface area contributed by atoms with E-state index in [4.69, 9.17) is 9.72 Å². The predicted molar refractivity (Wildman–Crippen MR) is 77.1 cm³/mol. The number of ether oxygens (including phenoxy) is 1. The van der Waals surface area contributed by atoms with Gasteiger partial charge in [0.05, 0.1) is 18.3 Å². The maximum atomic E-state index is 5.79. The topological polar surface area (TPSA) is 39.1 Å². The zero-order valence-corrected chi connectivity index (χ0v) is 11.7. The highest BCUT2D eigenvalue weighted by atomic mass is 16.5. The molecule has 1 N–H and O–H groups in total. The minimum atomic E-state index is 0.370. The lowest BCUT2D eigenvalue weighted by atomic mass is 9.99. The number of benzene rings is 1. The molecule has 2 aliphatic rings. The van der Waals surface area contributed by atoms with Crippen LogP contribution in [0.2, 0.25) is 0 Å². The molecule has 1 aromatic heterocycles. The summed E-state index contributed by atoms with van der Waals surface area (Å²) in [6.07, 6.45) is 2.09. The van der Waals surface area contributed by atoms with Crippen molar-refractivity contribution >= 4 is 0 Å². The van der Waals surface area contributed by atoms with Gasteiger partial charge < -0.3 is 14.6 Å². The largest absolute Gasteiger partial charge is 0.493 e. The van der Waals surface area contributed by atoms with Crippen molar-refractivity contribution in [3.8, 4) is 5.75 Å². The monoisotopic (exact) mass is 269 g/mol. The van der Waals surface area contributed by atoms with Gasteiger partial charge in [0.15, 0.2) is 0 Å². The van der Waals surface area contributed by atoms with Gasteiger partial charge in [-0.05, 0) is 13.0 Å². The van der Waals surface area contributed by atoms with Crippen molar-refractivity contribution in [2.45, 2.75) is 32.4 Å². The summed E-state index contributed by atoms with van der Waals surface area (Å²) in [5, 5.41) is 3.40. The summed E-state index contributed by atoms with van der Waals surface area (Å²) in [4.78, 5) is 4.76. The Kier molecular flexibility index (Phi) is 2.77. The molecule has 0 bridgehead atoms. The Morgan fingerprint density at radius 2 is 2.25 bits per heavy atom. The Labute approximate surface area is 118 Å². The smallest absolute Gasteiger partial charge is 0.124 e. The Morgan fingerprint density at radius 3 is 3.20 bits per heavy atom. The molecule has 0 saturated heterocycles. The Balaban J connectivity index is 1.85. The number of hydrogen-bond acceptors (Lipinski definition) is 3. The Morgan fingerprint density at radius 1 is 1.35 bits per heavy atom. The van der Waals surface area contributed by atoms with Gasteiger partial charge in [-0.2, -0.15) is 0 Å². The molecule has 104 valence electrons. The molecule has 0 fully saturated rings. The molecule has 3 heterocycles. The first-order valence-corrected chi connectivity index (χ1v) is 7.33. The standard InChI is InChI=1S/C16H19N3O/c1-11-18-13-10-17-8-6-15(13)19(11)14-7-9-20-16-5-3-2-4-12(14)16/h2-5,14,17H,6-10H2,1H3. The van der Waals surface area contributed by atoms with Crippen LogP contribution in [0.1, 0.15) is 35.2 Å². The molecule has 1 unspecified atom stereocenters. The number of imidazole rings is 1. The molecule has 4 nitrogen and oxygen atoms in total. The molecule has 0 radical (unpaired) electrons. The number of para-hydroxylation sites is 1. The van der Waals surface area contributed by atoms with Crippen LogP contribution in [0.5, 0.6) is 5.75 Å². The highest BCUT2D eigenvalue weighted by Gasteiger charge is 2.28. The third-order valence-corrected chi connectivity index (χ3v) is 4.34. The van der Waals surface area contributed by atoms with Gasteiger partial charge in [-0.3, -0.25) is 0 Å². The average molecular weight is 269 g/mol. The normalized spacial score (nSPS) is 20.9. The fraction of sp³-hybridized carbons (Fsp3) is 0.438. The van der Waals surface area contributed by atoms with Crippen molar-refractivity contribution in [1.29, 1.82) is 0 Å². The molecule has 0 amide bonds. The predicted octanol–water partition coefficient (Wildman–Crippen LogP) is 2.21. The number of nitrogens with one attached hydrogen (secondary N) is 1. The van der Waals surface area contributed by atoms with Crippen LogP contribution in [-0.4, -0.2) is 22.7 Å². The molecule has 1 aromatic carbocycles. The van der Waals surface area contributed by atoms with E-state index in [1.165, 1.54) is 17.0 Å². The van der Waals surface area contributed by atoms with Gasteiger partial charge in [0.1, 0.15) is 11.6 Å². The van der Waals surface area contributed by atoms with E-state index >= 15 is 0 Å². The quantitative estimate of drug-likeness (QED) is 0.862. The molecule has 20 heavy (non-hydrogen) atoms. The maximum absolute atomic E-state index is 5.79. The van der Waals surface area contributed by atoms with Gasteiger partial charge in [0.2, 0.25) is 0 Å². The second-order valence-electron chi connectivity index (χ2n) is 5.54. The van der Waals surface area contributed by atoms with Crippen LogP contribution >= 0.6 is 0 Å². The van der Waals surface area contributed by atoms with E-state index in [2.05, 4.69) is 35.0 Å². The number of fused-ring (bicyclic) bond motifs is 2. The van der Waals surface area contributed by atoms with Gasteiger partial charge in [0, 0.05) is 37.2 Å². The summed E-state index contributed by atoms with van der Waals surface area (Å²) in [5.41, 5.74) is 3.92. The van der Waals surface area contributed by atoms with Gasteiger partial charge in [0.25, 0.3) is 0 Å². The molecule has 2 aromatic rings. The van der Waals surface area contributed by atoms with Crippen molar-refractivity contribution in [3.63, 3.8) is 0 Å². The highest BCUT2D eigenvalue weighted by Crippen LogP contribution is 2.36. The van der Waals surface area contributed by atoms with Gasteiger partial charge >= 0.3 is 0 Å². The van der Waals surface area contributed by atoms with E-state index in [-0.39, 0.29) is 0 Å². The van der Waals surface area contributed by atoms with Crippen LogP contribution in [-0.2, 0) is 13.0 Å². The highest BCUT2D eigenvalue weighted by molar-refractivity contribution is 5.39. The maximum Gasteiger partial charge on any atom is 0.124 e. The van der Waals surface area contributed by atoms with Crippen LogP contribution in [0.4, 0.5) is 0 Å². The molecule has 0 saturated carbocycles. The summed E-state index contributed by atoms with van der Waals surface area (Å²) < 4.78 is 8.23. The molecule has 1 atom stereocenters. The first kappa shape index (κ1) is 12.0. The fourth-order valence-electron chi connectivity index (χ4n) is 3.47. The molecular formula is C16H19N3O. The van der Waals surface area contributed by atoms with Crippen LogP contribution in [0.3, 0.4) is 0 Å². The zero-order chi connectivity index (χ0) is 13.5. The van der Waals surface area contributed by atoms with Crippen molar-refractivity contribution in [1.82, 2.24) is 14.9 Å². The number of nitrogens with zero attached hydrogens (tertiary/aromatic N) is 2. The summed E-state index contributed by atoms with van der Waals surface area (Å²) in [6.45, 7) is 4.85. The van der Waals surface area contributed by atoms with E-state index in [0.29, 0.717) is 6.04 Å². The van der Waals surface area contributed by atoms with Crippen molar-refractivity contribution in [2.24, 2.45) is 0 Å². The van der Waals surface area contributed by atoms with Crippen molar-refractivity contribution in [3.05, 3.63) is 47.0 Å². The number of aryl methyl sites for hydroxylation is 1. The third kappa shape index (κ3) is 1.75. The lowest BCUT2D eigenvalue weighted by Gasteiger charge is -2.30. The van der Waals surface area contributed by atoms with E-state index in [1.807, 2.05) is 6.07 Å². The molecule has 0 spiro atoms. The Bertz CT molecular complexity index is 647. The summed E-state index contributed by atoms with van der Waals surface area (Å²) in [5.74, 6) is 2.15. The van der Waals surface area contributed by atoms with Crippen LogP contribution in [0, 0.1) is 6.92 Å². The van der Waals surface area contributed by atoms with Crippen LogP contribution in [0.15, 0.2) is 24.3 Å². The van der Waals surface area contributed by atoms with Crippen LogP contribution < -0.4 is 10.1 Å². The SMILES string of the molecule is Cc1nc2c(n1C1CCOc3ccccc31)CCNC2. The third-order valence-electron chi connectivity index (χ3n) is 4.34. The molecule has 4 heteroatoms. The van der Waals surface area contributed by atoms with Gasteiger partial charge in [-0.15, -0.1) is 0 Å². The number of hydrogen-bond donors (Lipinski definition) is 1. The van der Waals surface area contributed by atoms with Gasteiger partial charge in [-0.25, -0.2) is 4.98 Å². The van der Waals surface area contributed by atoms with E-state index in [0.717, 1.165) is 44.1 Å². The second kappa shape index (κ2) is 4.63. The minimum absolute atomic E-state index is 0.370. The molecule has 0 aliphatic carbocycles. The van der Waals surface area contributed by atoms with Gasteiger partial charge in [-0.1, -0.05) is 18.2 Å². The number of aromatic nitrogens is 2. The first-order valence-electron chi connectivity index (χ1n) is 7.33. The molecular weight excluding hydrogens is 250 g/mol. The van der Waals surface area contributed by atoms with E-state index in [1.54, 1.807) is 0 Å². The number of rotatable bonds is 1. The first-order chi connectivity index (χ1) is 9.84. The Hall–Kier alpha value is -1.81. The fourth-order valence-corrected chi connectivity index (χ4v) is 3.47. The second-order valence-corrected chi connectivity index (χ2v) is 5.54. The zero-order valence-electron chi connectivity index (χ0n) is 11.7. The molecule has 4 rings (SSSR count). The summed E-state index contributed by atoms with van der Waals surface area (Å²) in [6, 6.07) is 8.77. The minimum Gasteiger partial charge on any atom is -0.493 e. The van der Waals surface area contributed by atoms with Crippen molar-refractivity contribution in [2.75, 3.05) is 13.2 Å². The van der Waals surface area contributed by atoms with Crippen LogP contribution in [0.25, 0.3) is 0 Å². The average Bonchev–Trinajstić information content (AvgIpc) is 2.82. The lowest BCUT2D eigenvalue weighted by Crippen LogP contribution is -2.28. The lowest BCUT2D eigenvalue weighted by molar-refractivity contribution is 0.253. The van der Waals surface area contributed by atoms with E-state index < -0.39 is 0 Å².